The first-order valence-electron chi connectivity index (χ1n) is 11.1. The molecule has 1 amide bonds. The van der Waals surface area contributed by atoms with Crippen LogP contribution in [0.5, 0.6) is 0 Å². The molecule has 5 rings (SSSR count). The van der Waals surface area contributed by atoms with Gasteiger partial charge < -0.3 is 10.0 Å². The molecule has 0 aliphatic carbocycles. The van der Waals surface area contributed by atoms with E-state index in [0.29, 0.717) is 18.7 Å². The van der Waals surface area contributed by atoms with Gasteiger partial charge in [-0.2, -0.15) is 0 Å². The van der Waals surface area contributed by atoms with Crippen LogP contribution in [0.1, 0.15) is 31.9 Å². The third-order valence-corrected chi connectivity index (χ3v) is 8.05. The Morgan fingerprint density at radius 3 is 2.06 bits per heavy atom. The summed E-state index contributed by atoms with van der Waals surface area (Å²) in [6, 6.07) is 28.8. The molecule has 2 heterocycles. The third kappa shape index (κ3) is 4.44. The number of aliphatic hydroxyl groups excluding tert-OH is 1. The average molecular weight is 485 g/mol. The number of aromatic nitrogens is 1. The lowest BCUT2D eigenvalue weighted by molar-refractivity contribution is 0.00589. The van der Waals surface area contributed by atoms with Crippen molar-refractivity contribution in [3.8, 4) is 0 Å². The Balaban J connectivity index is 1.58. The van der Waals surface area contributed by atoms with Gasteiger partial charge in [-0.05, 0) is 40.3 Å². The van der Waals surface area contributed by atoms with Crippen LogP contribution in [-0.2, 0) is 4.75 Å². The van der Waals surface area contributed by atoms with Crippen LogP contribution in [0.3, 0.4) is 0 Å². The molecule has 0 saturated carbocycles. The Kier molecular flexibility index (Phi) is 6.63. The van der Waals surface area contributed by atoms with Crippen LogP contribution in [0.4, 0.5) is 0 Å². The van der Waals surface area contributed by atoms with E-state index in [0.717, 1.165) is 21.6 Å². The SMILES string of the molecule is O=C(c1ccc(C(S/C=C\c2cncs2)(c2ccccc2)c2ccccc2)cc1)N1CC(O)C1. The van der Waals surface area contributed by atoms with Crippen LogP contribution < -0.4 is 0 Å². The Bertz CT molecular complexity index is 1210. The molecule has 6 heteroatoms. The predicted molar refractivity (Wildman–Crippen MR) is 140 cm³/mol. The topological polar surface area (TPSA) is 53.4 Å². The standard InChI is InChI=1S/C28H24N2O2S2/c31-25-18-30(19-25)27(32)21-11-13-24(14-12-21)28(22-7-3-1-4-8-22,23-9-5-2-6-10-23)34-16-15-26-17-29-20-33-26/h1-17,20,25,31H,18-19H2/b16-15-. The largest absolute Gasteiger partial charge is 0.389 e. The van der Waals surface area contributed by atoms with Crippen molar-refractivity contribution < 1.29 is 9.90 Å². The van der Waals surface area contributed by atoms with E-state index in [9.17, 15) is 9.90 Å². The number of aliphatic hydroxyl groups is 1. The Morgan fingerprint density at radius 1 is 0.941 bits per heavy atom. The molecule has 0 radical (unpaired) electrons. The van der Waals surface area contributed by atoms with Gasteiger partial charge in [0.2, 0.25) is 0 Å². The molecule has 4 aromatic rings. The molecule has 1 saturated heterocycles. The summed E-state index contributed by atoms with van der Waals surface area (Å²) in [6.45, 7) is 0.799. The number of thioether (sulfide) groups is 1. The second-order valence-electron chi connectivity index (χ2n) is 8.18. The number of hydrogen-bond acceptors (Lipinski definition) is 5. The molecule has 1 fully saturated rings. The number of amides is 1. The highest BCUT2D eigenvalue weighted by Gasteiger charge is 2.37. The lowest BCUT2D eigenvalue weighted by Crippen LogP contribution is -2.53. The zero-order chi connectivity index (χ0) is 23.4. The van der Waals surface area contributed by atoms with Gasteiger partial charge in [-0.1, -0.05) is 72.8 Å². The first-order chi connectivity index (χ1) is 16.7. The Hall–Kier alpha value is -3.19. The highest BCUT2D eigenvalue weighted by molar-refractivity contribution is 8.03. The quantitative estimate of drug-likeness (QED) is 0.344. The van der Waals surface area contributed by atoms with Crippen molar-refractivity contribution in [1.29, 1.82) is 0 Å². The second kappa shape index (κ2) is 9.97. The van der Waals surface area contributed by atoms with E-state index in [1.165, 1.54) is 0 Å². The summed E-state index contributed by atoms with van der Waals surface area (Å²) < 4.78 is -0.502. The van der Waals surface area contributed by atoms with Crippen molar-refractivity contribution >= 4 is 35.1 Å². The number of carbonyl (C=O) groups excluding carboxylic acids is 1. The van der Waals surface area contributed by atoms with Crippen LogP contribution in [0, 0.1) is 0 Å². The molecule has 34 heavy (non-hydrogen) atoms. The van der Waals surface area contributed by atoms with Gasteiger partial charge in [-0.3, -0.25) is 9.78 Å². The molecule has 4 nitrogen and oxygen atoms in total. The van der Waals surface area contributed by atoms with Gasteiger partial charge in [0.25, 0.3) is 5.91 Å². The van der Waals surface area contributed by atoms with E-state index in [1.54, 1.807) is 28.0 Å². The molecule has 3 aromatic carbocycles. The molecule has 1 aromatic heterocycles. The number of thiazole rings is 1. The molecule has 1 aliphatic rings. The maximum absolute atomic E-state index is 12.8. The van der Waals surface area contributed by atoms with Crippen LogP contribution in [-0.4, -0.2) is 40.1 Å². The Labute approximate surface area is 207 Å². The monoisotopic (exact) mass is 484 g/mol. The summed E-state index contributed by atoms with van der Waals surface area (Å²) in [4.78, 5) is 19.7. The predicted octanol–water partition coefficient (Wildman–Crippen LogP) is 5.66. The van der Waals surface area contributed by atoms with Gasteiger partial charge >= 0.3 is 0 Å². The first kappa shape index (κ1) is 22.6. The fourth-order valence-electron chi connectivity index (χ4n) is 4.21. The van der Waals surface area contributed by atoms with E-state index in [4.69, 9.17) is 0 Å². The number of rotatable bonds is 7. The maximum Gasteiger partial charge on any atom is 0.254 e. The smallest absolute Gasteiger partial charge is 0.254 e. The lowest BCUT2D eigenvalue weighted by Gasteiger charge is -2.36. The van der Waals surface area contributed by atoms with Crippen LogP contribution in [0.15, 0.2) is 102 Å². The average Bonchev–Trinajstić information content (AvgIpc) is 3.39. The van der Waals surface area contributed by atoms with E-state index < -0.39 is 10.9 Å². The van der Waals surface area contributed by atoms with Crippen molar-refractivity contribution in [2.45, 2.75) is 10.9 Å². The summed E-state index contributed by atoms with van der Waals surface area (Å²) in [5.74, 6) is -0.0420. The van der Waals surface area contributed by atoms with Crippen molar-refractivity contribution in [3.63, 3.8) is 0 Å². The van der Waals surface area contributed by atoms with Crippen LogP contribution in [0.2, 0.25) is 0 Å². The fourth-order valence-corrected chi connectivity index (χ4v) is 6.05. The van der Waals surface area contributed by atoms with E-state index >= 15 is 0 Å². The molecule has 0 bridgehead atoms. The number of nitrogens with zero attached hydrogens (tertiary/aromatic N) is 2. The van der Waals surface area contributed by atoms with Crippen molar-refractivity contribution in [1.82, 2.24) is 9.88 Å². The lowest BCUT2D eigenvalue weighted by atomic mass is 9.83. The molecule has 0 unspecified atom stereocenters. The first-order valence-corrected chi connectivity index (χ1v) is 12.8. The summed E-state index contributed by atoms with van der Waals surface area (Å²) in [6.07, 6.45) is 3.55. The fraction of sp³-hybridized carbons (Fsp3) is 0.143. The number of β-amino-alcohol motifs (C(OH)–C–C–N with tert-alkyl or cyclic N) is 1. The van der Waals surface area contributed by atoms with Crippen molar-refractivity contribution in [3.05, 3.63) is 129 Å². The summed E-state index contributed by atoms with van der Waals surface area (Å²) in [7, 11) is 0. The van der Waals surface area contributed by atoms with E-state index in [1.807, 2.05) is 36.0 Å². The van der Waals surface area contributed by atoms with Gasteiger partial charge in [0.1, 0.15) is 0 Å². The zero-order valence-corrected chi connectivity index (χ0v) is 20.1. The summed E-state index contributed by atoms with van der Waals surface area (Å²) in [5.41, 5.74) is 5.87. The molecule has 170 valence electrons. The van der Waals surface area contributed by atoms with E-state index in [-0.39, 0.29) is 5.91 Å². The third-order valence-electron chi connectivity index (χ3n) is 5.98. The van der Waals surface area contributed by atoms with Gasteiger partial charge in [-0.25, -0.2) is 0 Å². The normalized spacial score (nSPS) is 14.3. The molecule has 1 aliphatic heterocycles. The van der Waals surface area contributed by atoms with Gasteiger partial charge in [0.15, 0.2) is 0 Å². The second-order valence-corrected chi connectivity index (χ2v) is 10.2. The number of likely N-dealkylation sites (tertiary alicyclic amines) is 1. The molecular formula is C28H24N2O2S2. The molecule has 0 atom stereocenters. The minimum absolute atomic E-state index is 0.0420. The molecule has 0 spiro atoms. The minimum atomic E-state index is -0.502. The van der Waals surface area contributed by atoms with Gasteiger partial charge in [-0.15, -0.1) is 23.1 Å². The van der Waals surface area contributed by atoms with Gasteiger partial charge in [0.05, 0.1) is 16.4 Å². The summed E-state index contributed by atoms with van der Waals surface area (Å²) >= 11 is 3.34. The van der Waals surface area contributed by atoms with E-state index in [2.05, 4.69) is 77.1 Å². The van der Waals surface area contributed by atoms with Gasteiger partial charge in [0, 0.05) is 29.7 Å². The van der Waals surface area contributed by atoms with Crippen molar-refractivity contribution in [2.75, 3.05) is 13.1 Å². The minimum Gasteiger partial charge on any atom is -0.389 e. The Morgan fingerprint density at radius 2 is 1.53 bits per heavy atom. The zero-order valence-electron chi connectivity index (χ0n) is 18.5. The number of carbonyl (C=O) groups is 1. The molecule has 1 N–H and O–H groups in total. The highest BCUT2D eigenvalue weighted by atomic mass is 32.2. The molecular weight excluding hydrogens is 460 g/mol. The maximum atomic E-state index is 12.8. The van der Waals surface area contributed by atoms with Crippen molar-refractivity contribution in [2.24, 2.45) is 0 Å². The summed E-state index contributed by atoms with van der Waals surface area (Å²) in [5, 5.41) is 11.7. The highest BCUT2D eigenvalue weighted by Crippen LogP contribution is 2.49. The van der Waals surface area contributed by atoms with Crippen LogP contribution >= 0.6 is 23.1 Å². The number of hydrogen-bond donors (Lipinski definition) is 1. The van der Waals surface area contributed by atoms with Crippen LogP contribution in [0.25, 0.3) is 6.08 Å². The number of benzene rings is 3.